The van der Waals surface area contributed by atoms with Gasteiger partial charge in [0.1, 0.15) is 0 Å². The summed E-state index contributed by atoms with van der Waals surface area (Å²) in [5.74, 6) is 0.619. The topological polar surface area (TPSA) is 54.0 Å². The highest BCUT2D eigenvalue weighted by atomic mass is 32.1. The van der Waals surface area contributed by atoms with Crippen LogP contribution in [0.3, 0.4) is 0 Å². The second kappa shape index (κ2) is 8.40. The van der Waals surface area contributed by atoms with Crippen LogP contribution in [0.25, 0.3) is 0 Å². The Morgan fingerprint density at radius 1 is 1.33 bits per heavy atom. The van der Waals surface area contributed by atoms with Crippen LogP contribution in [0.2, 0.25) is 0 Å². The molecule has 1 aromatic carbocycles. The first-order chi connectivity index (χ1) is 11.8. The maximum atomic E-state index is 12.7. The molecule has 2 heterocycles. The first-order valence-electron chi connectivity index (χ1n) is 8.80. The molecule has 2 aromatic rings. The summed E-state index contributed by atoms with van der Waals surface area (Å²) in [6, 6.07) is 7.97. The molecule has 1 aliphatic heterocycles. The predicted molar refractivity (Wildman–Crippen MR) is 99.8 cm³/mol. The summed E-state index contributed by atoms with van der Waals surface area (Å²) < 4.78 is 0. The van der Waals surface area contributed by atoms with Gasteiger partial charge in [0.05, 0.1) is 5.69 Å². The molecule has 4 nitrogen and oxygen atoms in total. The second-order valence-corrected chi connectivity index (χ2v) is 7.26. The van der Waals surface area contributed by atoms with Crippen molar-refractivity contribution >= 4 is 22.4 Å². The van der Waals surface area contributed by atoms with E-state index in [-0.39, 0.29) is 5.91 Å². The van der Waals surface area contributed by atoms with Crippen molar-refractivity contribution in [3.8, 4) is 0 Å². The normalized spacial score (nSPS) is 15.4. The first kappa shape index (κ1) is 17.1. The summed E-state index contributed by atoms with van der Waals surface area (Å²) in [6.07, 6.45) is 5.37. The summed E-state index contributed by atoms with van der Waals surface area (Å²) >= 11 is 1.50. The molecule has 0 spiro atoms. The van der Waals surface area contributed by atoms with Crippen LogP contribution < -0.4 is 10.6 Å². The molecule has 3 rings (SSSR count). The van der Waals surface area contributed by atoms with Crippen LogP contribution in [0, 0.1) is 5.92 Å². The predicted octanol–water partition coefficient (Wildman–Crippen LogP) is 3.89. The van der Waals surface area contributed by atoms with Crippen molar-refractivity contribution < 1.29 is 4.79 Å². The van der Waals surface area contributed by atoms with Crippen molar-refractivity contribution in [3.05, 3.63) is 46.5 Å². The molecular weight excluding hydrogens is 318 g/mol. The molecule has 0 saturated carbocycles. The molecule has 1 amide bonds. The number of amides is 1. The third-order valence-corrected chi connectivity index (χ3v) is 5.31. The van der Waals surface area contributed by atoms with Gasteiger partial charge in [-0.3, -0.25) is 10.1 Å². The summed E-state index contributed by atoms with van der Waals surface area (Å²) in [5, 5.41) is 9.09. The quantitative estimate of drug-likeness (QED) is 0.836. The maximum absolute atomic E-state index is 12.7. The van der Waals surface area contributed by atoms with Crippen molar-refractivity contribution in [1.29, 1.82) is 0 Å². The average Bonchev–Trinajstić information content (AvgIpc) is 3.03. The molecule has 0 unspecified atom stereocenters. The highest BCUT2D eigenvalue weighted by molar-refractivity contribution is 7.13. The van der Waals surface area contributed by atoms with E-state index in [9.17, 15) is 4.79 Å². The van der Waals surface area contributed by atoms with Gasteiger partial charge in [0.2, 0.25) is 0 Å². The molecule has 0 radical (unpaired) electrons. The SMILES string of the molecule is CCCc1csc(NC(=O)c2ccccc2CC2CCNCC2)n1. The minimum atomic E-state index is -0.0445. The van der Waals surface area contributed by atoms with Gasteiger partial charge in [0, 0.05) is 10.9 Å². The number of nitrogens with zero attached hydrogens (tertiary/aromatic N) is 1. The molecule has 5 heteroatoms. The Bertz CT molecular complexity index is 677. The molecule has 24 heavy (non-hydrogen) atoms. The summed E-state index contributed by atoms with van der Waals surface area (Å²) in [4.78, 5) is 17.2. The van der Waals surface area contributed by atoms with E-state index in [1.165, 1.54) is 24.2 Å². The van der Waals surface area contributed by atoms with Gasteiger partial charge in [0.15, 0.2) is 5.13 Å². The van der Waals surface area contributed by atoms with Crippen molar-refractivity contribution in [2.24, 2.45) is 5.92 Å². The number of rotatable bonds is 6. The lowest BCUT2D eigenvalue weighted by Crippen LogP contribution is -2.29. The zero-order chi connectivity index (χ0) is 16.8. The lowest BCUT2D eigenvalue weighted by atomic mass is 9.89. The Hall–Kier alpha value is -1.72. The highest BCUT2D eigenvalue weighted by Gasteiger charge is 2.18. The number of thiazole rings is 1. The minimum absolute atomic E-state index is 0.0445. The molecular formula is C19H25N3OS. The molecule has 1 fully saturated rings. The van der Waals surface area contributed by atoms with Crippen LogP contribution in [-0.4, -0.2) is 24.0 Å². The zero-order valence-corrected chi connectivity index (χ0v) is 15.0. The Morgan fingerprint density at radius 2 is 2.12 bits per heavy atom. The fraction of sp³-hybridized carbons (Fsp3) is 0.474. The summed E-state index contributed by atoms with van der Waals surface area (Å²) in [6.45, 7) is 4.30. The number of hydrogen-bond donors (Lipinski definition) is 2. The van der Waals surface area contributed by atoms with Crippen LogP contribution >= 0.6 is 11.3 Å². The van der Waals surface area contributed by atoms with Crippen molar-refractivity contribution in [1.82, 2.24) is 10.3 Å². The number of nitrogens with one attached hydrogen (secondary N) is 2. The lowest BCUT2D eigenvalue weighted by Gasteiger charge is -2.23. The molecule has 128 valence electrons. The van der Waals surface area contributed by atoms with Crippen LogP contribution in [0.5, 0.6) is 0 Å². The second-order valence-electron chi connectivity index (χ2n) is 6.40. The minimum Gasteiger partial charge on any atom is -0.317 e. The fourth-order valence-electron chi connectivity index (χ4n) is 3.22. The van der Waals surface area contributed by atoms with Crippen molar-refractivity contribution in [2.75, 3.05) is 18.4 Å². The van der Waals surface area contributed by atoms with E-state index in [2.05, 4.69) is 28.6 Å². The largest absolute Gasteiger partial charge is 0.317 e. The van der Waals surface area contributed by atoms with E-state index in [4.69, 9.17) is 0 Å². The van der Waals surface area contributed by atoms with Gasteiger partial charge in [-0.1, -0.05) is 31.5 Å². The zero-order valence-electron chi connectivity index (χ0n) is 14.2. The van der Waals surface area contributed by atoms with Gasteiger partial charge in [-0.25, -0.2) is 4.98 Å². The van der Waals surface area contributed by atoms with E-state index < -0.39 is 0 Å². The Morgan fingerprint density at radius 3 is 2.92 bits per heavy atom. The average molecular weight is 343 g/mol. The van der Waals surface area contributed by atoms with Gasteiger partial charge in [0.25, 0.3) is 5.91 Å². The summed E-state index contributed by atoms with van der Waals surface area (Å²) in [7, 11) is 0. The molecule has 0 atom stereocenters. The van der Waals surface area contributed by atoms with Crippen LogP contribution in [-0.2, 0) is 12.8 Å². The monoisotopic (exact) mass is 343 g/mol. The first-order valence-corrected chi connectivity index (χ1v) is 9.68. The summed E-state index contributed by atoms with van der Waals surface area (Å²) in [5.41, 5.74) is 2.98. The van der Waals surface area contributed by atoms with E-state index in [1.54, 1.807) is 0 Å². The molecule has 0 aliphatic carbocycles. The van der Waals surface area contributed by atoms with Crippen LogP contribution in [0.4, 0.5) is 5.13 Å². The van der Waals surface area contributed by atoms with Gasteiger partial charge < -0.3 is 5.32 Å². The maximum Gasteiger partial charge on any atom is 0.257 e. The third-order valence-electron chi connectivity index (χ3n) is 4.51. The Kier molecular flexibility index (Phi) is 5.99. The Labute approximate surface area is 147 Å². The standard InChI is InChI=1S/C19H25N3OS/c1-2-5-16-13-24-19(21-16)22-18(23)17-7-4-3-6-15(17)12-14-8-10-20-11-9-14/h3-4,6-7,13-14,20H,2,5,8-12H2,1H3,(H,21,22,23). The fourth-order valence-corrected chi connectivity index (χ4v) is 3.96. The lowest BCUT2D eigenvalue weighted by molar-refractivity contribution is 0.102. The molecule has 1 aliphatic rings. The Balaban J connectivity index is 1.69. The van der Waals surface area contributed by atoms with Gasteiger partial charge in [-0.05, 0) is 56.3 Å². The number of piperidine rings is 1. The van der Waals surface area contributed by atoms with E-state index in [0.717, 1.165) is 49.2 Å². The smallest absolute Gasteiger partial charge is 0.257 e. The number of hydrogen-bond acceptors (Lipinski definition) is 4. The highest BCUT2D eigenvalue weighted by Crippen LogP contribution is 2.22. The van der Waals surface area contributed by atoms with Gasteiger partial charge >= 0.3 is 0 Å². The van der Waals surface area contributed by atoms with Crippen molar-refractivity contribution in [3.63, 3.8) is 0 Å². The molecule has 1 saturated heterocycles. The molecule has 0 bridgehead atoms. The molecule has 2 N–H and O–H groups in total. The number of carbonyl (C=O) groups is 1. The van der Waals surface area contributed by atoms with E-state index in [1.807, 2.05) is 23.6 Å². The number of carbonyl (C=O) groups excluding carboxylic acids is 1. The van der Waals surface area contributed by atoms with E-state index in [0.29, 0.717) is 11.0 Å². The number of aryl methyl sites for hydroxylation is 1. The van der Waals surface area contributed by atoms with Crippen LogP contribution in [0.15, 0.2) is 29.6 Å². The van der Waals surface area contributed by atoms with Gasteiger partial charge in [-0.15, -0.1) is 11.3 Å². The molecule has 1 aromatic heterocycles. The number of benzene rings is 1. The van der Waals surface area contributed by atoms with Crippen LogP contribution in [0.1, 0.15) is 47.8 Å². The van der Waals surface area contributed by atoms with E-state index >= 15 is 0 Å². The van der Waals surface area contributed by atoms with Crippen molar-refractivity contribution in [2.45, 2.75) is 39.0 Å². The number of aromatic nitrogens is 1. The third kappa shape index (κ3) is 4.42. The van der Waals surface area contributed by atoms with Gasteiger partial charge in [-0.2, -0.15) is 0 Å². The number of anilines is 1.